The van der Waals surface area contributed by atoms with Gasteiger partial charge >= 0.3 is 5.76 Å². The van der Waals surface area contributed by atoms with Crippen molar-refractivity contribution in [2.45, 2.75) is 19.9 Å². The van der Waals surface area contributed by atoms with E-state index >= 15 is 0 Å². The van der Waals surface area contributed by atoms with Crippen molar-refractivity contribution < 1.29 is 4.42 Å². The van der Waals surface area contributed by atoms with E-state index in [1.54, 1.807) is 4.57 Å². The smallest absolute Gasteiger partial charge is 0.406 e. The Bertz CT molecular complexity index is 524. The van der Waals surface area contributed by atoms with Gasteiger partial charge in [0.1, 0.15) is 0 Å². The number of para-hydroxylation sites is 1. The van der Waals surface area contributed by atoms with E-state index in [9.17, 15) is 4.79 Å². The van der Waals surface area contributed by atoms with Crippen LogP contribution in [0.25, 0.3) is 11.1 Å². The first kappa shape index (κ1) is 9.52. The van der Waals surface area contributed by atoms with Gasteiger partial charge in [-0.05, 0) is 41.9 Å². The molecule has 1 heterocycles. The van der Waals surface area contributed by atoms with Crippen LogP contribution in [0.4, 0.5) is 0 Å². The van der Waals surface area contributed by atoms with Gasteiger partial charge in [-0.3, -0.25) is 4.57 Å². The molecule has 1 aromatic carbocycles. The van der Waals surface area contributed by atoms with Gasteiger partial charge in [0.25, 0.3) is 0 Å². The zero-order valence-electron chi connectivity index (χ0n) is 7.95. The van der Waals surface area contributed by atoms with E-state index in [2.05, 4.69) is 15.9 Å². The maximum absolute atomic E-state index is 11.5. The van der Waals surface area contributed by atoms with E-state index < -0.39 is 0 Å². The second kappa shape index (κ2) is 3.28. The van der Waals surface area contributed by atoms with Crippen molar-refractivity contribution in [3.63, 3.8) is 0 Å². The number of halogens is 1. The molecular weight excluding hydrogens is 246 g/mol. The van der Waals surface area contributed by atoms with Crippen LogP contribution in [0.15, 0.2) is 31.9 Å². The number of fused-ring (bicyclic) bond motifs is 1. The number of aromatic nitrogens is 1. The summed E-state index contributed by atoms with van der Waals surface area (Å²) in [4.78, 5) is 11.5. The SMILES string of the molecule is CC(C)n1c(=O)oc2c(Br)cccc21. The Balaban J connectivity index is 2.91. The third kappa shape index (κ3) is 1.30. The highest BCUT2D eigenvalue weighted by Crippen LogP contribution is 2.24. The third-order valence-corrected chi connectivity index (χ3v) is 2.73. The highest BCUT2D eigenvalue weighted by molar-refractivity contribution is 9.10. The van der Waals surface area contributed by atoms with Crippen LogP contribution in [-0.4, -0.2) is 4.57 Å². The van der Waals surface area contributed by atoms with Crippen molar-refractivity contribution in [1.82, 2.24) is 4.57 Å². The number of nitrogens with zero attached hydrogens (tertiary/aromatic N) is 1. The zero-order chi connectivity index (χ0) is 10.3. The number of oxazole rings is 1. The Morgan fingerprint density at radius 3 is 2.79 bits per heavy atom. The van der Waals surface area contributed by atoms with Gasteiger partial charge in [0.15, 0.2) is 5.58 Å². The summed E-state index contributed by atoms with van der Waals surface area (Å²) in [5.41, 5.74) is 1.45. The fourth-order valence-corrected chi connectivity index (χ4v) is 1.95. The van der Waals surface area contributed by atoms with Gasteiger partial charge < -0.3 is 4.42 Å². The summed E-state index contributed by atoms with van der Waals surface area (Å²) in [6.07, 6.45) is 0. The van der Waals surface area contributed by atoms with Gasteiger partial charge in [-0.1, -0.05) is 6.07 Å². The molecule has 0 saturated carbocycles. The van der Waals surface area contributed by atoms with E-state index in [0.717, 1.165) is 9.99 Å². The van der Waals surface area contributed by atoms with E-state index in [4.69, 9.17) is 4.42 Å². The predicted molar refractivity (Wildman–Crippen MR) is 58.6 cm³/mol. The topological polar surface area (TPSA) is 35.1 Å². The molecule has 0 amide bonds. The predicted octanol–water partition coefficient (Wildman–Crippen LogP) is 2.94. The van der Waals surface area contributed by atoms with Crippen molar-refractivity contribution in [1.29, 1.82) is 0 Å². The molecule has 74 valence electrons. The number of benzene rings is 1. The Hall–Kier alpha value is -1.03. The Labute approximate surface area is 89.5 Å². The first-order valence-electron chi connectivity index (χ1n) is 4.41. The summed E-state index contributed by atoms with van der Waals surface area (Å²) >= 11 is 3.35. The minimum Gasteiger partial charge on any atom is -0.406 e. The number of hydrogen-bond acceptors (Lipinski definition) is 2. The first-order chi connectivity index (χ1) is 6.61. The molecule has 0 aliphatic heterocycles. The van der Waals surface area contributed by atoms with Crippen LogP contribution in [0.5, 0.6) is 0 Å². The van der Waals surface area contributed by atoms with Crippen molar-refractivity contribution in [2.75, 3.05) is 0 Å². The molecule has 2 rings (SSSR count). The van der Waals surface area contributed by atoms with Gasteiger partial charge in [0.2, 0.25) is 0 Å². The molecule has 0 unspecified atom stereocenters. The van der Waals surface area contributed by atoms with Crippen molar-refractivity contribution in [3.8, 4) is 0 Å². The van der Waals surface area contributed by atoms with E-state index in [1.165, 1.54) is 0 Å². The quantitative estimate of drug-likeness (QED) is 0.786. The fraction of sp³-hybridized carbons (Fsp3) is 0.300. The Morgan fingerprint density at radius 2 is 2.14 bits per heavy atom. The maximum Gasteiger partial charge on any atom is 0.420 e. The lowest BCUT2D eigenvalue weighted by Crippen LogP contribution is -2.15. The average Bonchev–Trinajstić information content (AvgIpc) is 2.42. The summed E-state index contributed by atoms with van der Waals surface area (Å²) in [5.74, 6) is -0.304. The molecule has 2 aromatic rings. The highest BCUT2D eigenvalue weighted by atomic mass is 79.9. The molecular formula is C10H10BrNO2. The minimum absolute atomic E-state index is 0.109. The molecule has 4 heteroatoms. The lowest BCUT2D eigenvalue weighted by molar-refractivity contribution is 0.477. The van der Waals surface area contributed by atoms with Crippen molar-refractivity contribution in [2.24, 2.45) is 0 Å². The van der Waals surface area contributed by atoms with Crippen LogP contribution in [0, 0.1) is 0 Å². The molecule has 0 aliphatic rings. The van der Waals surface area contributed by atoms with Gasteiger partial charge in [0, 0.05) is 6.04 Å². The second-order valence-electron chi connectivity index (χ2n) is 3.42. The summed E-state index contributed by atoms with van der Waals surface area (Å²) < 4.78 is 7.60. The molecule has 0 N–H and O–H groups in total. The average molecular weight is 256 g/mol. The number of rotatable bonds is 1. The minimum atomic E-state index is -0.304. The lowest BCUT2D eigenvalue weighted by atomic mass is 10.3. The normalized spacial score (nSPS) is 11.4. The standard InChI is InChI=1S/C10H10BrNO2/c1-6(2)12-8-5-3-4-7(11)9(8)14-10(12)13/h3-6H,1-2H3. The molecule has 0 radical (unpaired) electrons. The van der Waals surface area contributed by atoms with Crippen LogP contribution in [0.3, 0.4) is 0 Å². The van der Waals surface area contributed by atoms with Crippen molar-refractivity contribution in [3.05, 3.63) is 33.2 Å². The third-order valence-electron chi connectivity index (χ3n) is 2.11. The van der Waals surface area contributed by atoms with Crippen LogP contribution < -0.4 is 5.76 Å². The Morgan fingerprint density at radius 1 is 1.43 bits per heavy atom. The molecule has 14 heavy (non-hydrogen) atoms. The van der Waals surface area contributed by atoms with Gasteiger partial charge in [0.05, 0.1) is 9.99 Å². The van der Waals surface area contributed by atoms with Gasteiger partial charge in [-0.25, -0.2) is 4.79 Å². The summed E-state index contributed by atoms with van der Waals surface area (Å²) in [6, 6.07) is 5.74. The fourth-order valence-electron chi connectivity index (χ4n) is 1.51. The van der Waals surface area contributed by atoms with Gasteiger partial charge in [-0.2, -0.15) is 0 Å². The molecule has 0 bridgehead atoms. The summed E-state index contributed by atoms with van der Waals surface area (Å²) in [6.45, 7) is 3.91. The molecule has 0 fully saturated rings. The lowest BCUT2D eigenvalue weighted by Gasteiger charge is -2.04. The maximum atomic E-state index is 11.5. The second-order valence-corrected chi connectivity index (χ2v) is 4.27. The van der Waals surface area contributed by atoms with E-state index in [1.807, 2.05) is 32.0 Å². The first-order valence-corrected chi connectivity index (χ1v) is 5.20. The highest BCUT2D eigenvalue weighted by Gasteiger charge is 2.12. The molecule has 0 spiro atoms. The number of hydrogen-bond donors (Lipinski definition) is 0. The Kier molecular flexibility index (Phi) is 2.23. The molecule has 0 atom stereocenters. The van der Waals surface area contributed by atoms with Crippen LogP contribution in [0.1, 0.15) is 19.9 Å². The van der Waals surface area contributed by atoms with E-state index in [-0.39, 0.29) is 11.8 Å². The monoisotopic (exact) mass is 255 g/mol. The van der Waals surface area contributed by atoms with E-state index in [0.29, 0.717) is 5.58 Å². The van der Waals surface area contributed by atoms with Crippen LogP contribution in [-0.2, 0) is 0 Å². The summed E-state index contributed by atoms with van der Waals surface area (Å²) in [7, 11) is 0. The van der Waals surface area contributed by atoms with Crippen molar-refractivity contribution >= 4 is 27.0 Å². The largest absolute Gasteiger partial charge is 0.420 e. The van der Waals surface area contributed by atoms with Crippen LogP contribution >= 0.6 is 15.9 Å². The molecule has 0 aliphatic carbocycles. The van der Waals surface area contributed by atoms with Crippen LogP contribution in [0.2, 0.25) is 0 Å². The van der Waals surface area contributed by atoms with Gasteiger partial charge in [-0.15, -0.1) is 0 Å². The molecule has 0 saturated heterocycles. The summed E-state index contributed by atoms with van der Waals surface area (Å²) in [5, 5.41) is 0. The molecule has 3 nitrogen and oxygen atoms in total. The molecule has 1 aromatic heterocycles. The zero-order valence-corrected chi connectivity index (χ0v) is 9.54.